The lowest BCUT2D eigenvalue weighted by molar-refractivity contribution is 0.465. The van der Waals surface area contributed by atoms with Gasteiger partial charge in [0.15, 0.2) is 0 Å². The lowest BCUT2D eigenvalue weighted by Gasteiger charge is -2.13. The van der Waals surface area contributed by atoms with Crippen molar-refractivity contribution >= 4 is 19.2 Å². The zero-order valence-electron chi connectivity index (χ0n) is 14.6. The molecule has 2 heteroatoms. The van der Waals surface area contributed by atoms with Crippen molar-refractivity contribution in [3.63, 3.8) is 0 Å². The standard InChI is InChI=1S/C21H24O2/c1-9-17-16(8)19(12(4)15(7)21(17)23)18-10(2)13(5)20(22)14(6)11(18)3/h9,22-23H,1-2,8H2,3-7H3/b19-18-. The summed E-state index contributed by atoms with van der Waals surface area (Å²) in [5.74, 6) is 0.515. The minimum absolute atomic E-state index is 0.224. The molecule has 0 saturated heterocycles. The van der Waals surface area contributed by atoms with Crippen molar-refractivity contribution in [1.82, 2.24) is 0 Å². The average Bonchev–Trinajstić information content (AvgIpc) is 2.52. The van der Waals surface area contributed by atoms with Gasteiger partial charge in [0.2, 0.25) is 0 Å². The monoisotopic (exact) mass is 308 g/mol. The Balaban J connectivity index is 3.46. The molecule has 0 unspecified atom stereocenters. The summed E-state index contributed by atoms with van der Waals surface area (Å²) in [6.07, 6.45) is 1.63. The predicted molar refractivity (Wildman–Crippen MR) is 98.0 cm³/mol. The van der Waals surface area contributed by atoms with E-state index >= 15 is 0 Å². The van der Waals surface area contributed by atoms with Crippen molar-refractivity contribution in [3.05, 3.63) is 60.8 Å². The molecule has 0 bridgehead atoms. The van der Waals surface area contributed by atoms with Crippen LogP contribution in [0.3, 0.4) is 0 Å². The molecular weight excluding hydrogens is 284 g/mol. The van der Waals surface area contributed by atoms with E-state index < -0.39 is 0 Å². The lowest BCUT2D eigenvalue weighted by atomic mass is 9.93. The van der Waals surface area contributed by atoms with Crippen LogP contribution in [0.15, 0.2) is 6.58 Å². The van der Waals surface area contributed by atoms with Crippen LogP contribution >= 0.6 is 0 Å². The highest BCUT2D eigenvalue weighted by Crippen LogP contribution is 2.26. The van der Waals surface area contributed by atoms with E-state index in [1.54, 1.807) is 6.08 Å². The molecule has 0 atom stereocenters. The van der Waals surface area contributed by atoms with E-state index in [0.29, 0.717) is 11.3 Å². The molecule has 0 aromatic heterocycles. The first-order valence-electron chi connectivity index (χ1n) is 7.60. The number of phenols is 2. The minimum atomic E-state index is 0.224. The van der Waals surface area contributed by atoms with E-state index in [9.17, 15) is 10.2 Å². The van der Waals surface area contributed by atoms with Crippen LogP contribution in [0, 0.1) is 45.1 Å². The highest BCUT2D eigenvalue weighted by atomic mass is 16.3. The van der Waals surface area contributed by atoms with E-state index in [2.05, 4.69) is 19.7 Å². The predicted octanol–water partition coefficient (Wildman–Crippen LogP) is 3.39. The van der Waals surface area contributed by atoms with Gasteiger partial charge in [-0.05, 0) is 83.3 Å². The number of rotatable bonds is 1. The quantitative estimate of drug-likeness (QED) is 0.848. The molecular formula is C21H24O2. The molecule has 2 rings (SSSR count). The summed E-state index contributed by atoms with van der Waals surface area (Å²) in [5, 5.41) is 24.1. The van der Waals surface area contributed by atoms with Gasteiger partial charge in [-0.3, -0.25) is 0 Å². The van der Waals surface area contributed by atoms with Gasteiger partial charge in [0.05, 0.1) is 0 Å². The molecule has 23 heavy (non-hydrogen) atoms. The fraction of sp³-hybridized carbons (Fsp3) is 0.238. The van der Waals surface area contributed by atoms with Crippen molar-refractivity contribution in [2.45, 2.75) is 34.6 Å². The van der Waals surface area contributed by atoms with Crippen LogP contribution in [0.2, 0.25) is 0 Å². The number of hydrogen-bond donors (Lipinski definition) is 2. The van der Waals surface area contributed by atoms with Crippen molar-refractivity contribution in [3.8, 4) is 11.5 Å². The smallest absolute Gasteiger partial charge is 0.126 e. The Hall–Kier alpha value is -2.48. The summed E-state index contributed by atoms with van der Waals surface area (Å²) in [5.41, 5.74) is 5.01. The SMILES string of the molecule is C=Cc1c(O)c(C)c(C)/c(=c2/c(C)c(C)c(O)c(C)c2=C)c1=C. The van der Waals surface area contributed by atoms with Crippen LogP contribution in [0.5, 0.6) is 11.5 Å². The van der Waals surface area contributed by atoms with Crippen LogP contribution < -0.4 is 10.4 Å². The van der Waals surface area contributed by atoms with Gasteiger partial charge < -0.3 is 10.2 Å². The molecule has 2 aromatic rings. The Kier molecular flexibility index (Phi) is 4.12. The molecule has 0 fully saturated rings. The third-order valence-electron chi connectivity index (χ3n) is 5.03. The number of hydrogen-bond acceptors (Lipinski definition) is 2. The van der Waals surface area contributed by atoms with Crippen molar-refractivity contribution in [2.24, 2.45) is 0 Å². The average molecular weight is 308 g/mol. The molecule has 0 saturated carbocycles. The molecule has 0 amide bonds. The van der Waals surface area contributed by atoms with Crippen LogP contribution in [0.1, 0.15) is 33.4 Å². The first kappa shape index (κ1) is 16.9. The van der Waals surface area contributed by atoms with Gasteiger partial charge in [-0.2, -0.15) is 0 Å². The second-order valence-corrected chi connectivity index (χ2v) is 6.15. The van der Waals surface area contributed by atoms with Gasteiger partial charge in [0.25, 0.3) is 0 Å². The normalized spacial score (nSPS) is 12.4. The largest absolute Gasteiger partial charge is 0.507 e. The first-order valence-corrected chi connectivity index (χ1v) is 7.60. The van der Waals surface area contributed by atoms with E-state index in [0.717, 1.165) is 48.7 Å². The summed E-state index contributed by atoms with van der Waals surface area (Å²) in [4.78, 5) is 0. The zero-order chi connectivity index (χ0) is 17.6. The van der Waals surface area contributed by atoms with Gasteiger partial charge in [0, 0.05) is 5.56 Å². The van der Waals surface area contributed by atoms with Gasteiger partial charge in [-0.25, -0.2) is 0 Å². The van der Waals surface area contributed by atoms with Gasteiger partial charge in [0.1, 0.15) is 11.5 Å². The fourth-order valence-corrected chi connectivity index (χ4v) is 3.17. The summed E-state index contributed by atoms with van der Waals surface area (Å²) in [7, 11) is 0. The van der Waals surface area contributed by atoms with E-state index in [4.69, 9.17) is 0 Å². The topological polar surface area (TPSA) is 40.5 Å². The van der Waals surface area contributed by atoms with Crippen LogP contribution in [0.4, 0.5) is 0 Å². The molecule has 0 aliphatic heterocycles. The second-order valence-electron chi connectivity index (χ2n) is 6.15. The third kappa shape index (κ3) is 2.26. The Morgan fingerprint density at radius 1 is 0.652 bits per heavy atom. The first-order chi connectivity index (χ1) is 10.6. The molecule has 2 nitrogen and oxygen atoms in total. The maximum atomic E-state index is 10.4. The molecule has 2 N–H and O–H groups in total. The highest BCUT2D eigenvalue weighted by molar-refractivity contribution is 5.62. The Morgan fingerprint density at radius 3 is 1.57 bits per heavy atom. The van der Waals surface area contributed by atoms with E-state index in [1.807, 2.05) is 34.6 Å². The van der Waals surface area contributed by atoms with Gasteiger partial charge >= 0.3 is 0 Å². The minimum Gasteiger partial charge on any atom is -0.507 e. The molecule has 0 aliphatic rings. The zero-order valence-corrected chi connectivity index (χ0v) is 14.6. The van der Waals surface area contributed by atoms with Crippen molar-refractivity contribution < 1.29 is 10.2 Å². The molecule has 0 heterocycles. The van der Waals surface area contributed by atoms with Crippen molar-refractivity contribution in [1.29, 1.82) is 0 Å². The molecule has 0 radical (unpaired) electrons. The number of phenolic OH excluding ortho intramolecular Hbond substituents is 2. The summed E-state index contributed by atoms with van der Waals surface area (Å²) in [6.45, 7) is 21.8. The molecule has 0 aliphatic carbocycles. The Morgan fingerprint density at radius 2 is 1.09 bits per heavy atom. The molecule has 120 valence electrons. The van der Waals surface area contributed by atoms with Crippen LogP contribution in [0.25, 0.3) is 19.2 Å². The van der Waals surface area contributed by atoms with Gasteiger partial charge in [-0.1, -0.05) is 25.8 Å². The lowest BCUT2D eigenvalue weighted by Crippen LogP contribution is -2.17. The Bertz CT molecular complexity index is 1030. The van der Waals surface area contributed by atoms with E-state index in [-0.39, 0.29) is 5.75 Å². The summed E-state index contributed by atoms with van der Waals surface area (Å²) < 4.78 is 0. The van der Waals surface area contributed by atoms with Crippen LogP contribution in [-0.4, -0.2) is 10.2 Å². The van der Waals surface area contributed by atoms with Crippen molar-refractivity contribution in [2.75, 3.05) is 0 Å². The third-order valence-corrected chi connectivity index (χ3v) is 5.03. The van der Waals surface area contributed by atoms with Crippen LogP contribution in [-0.2, 0) is 0 Å². The highest BCUT2D eigenvalue weighted by Gasteiger charge is 2.13. The number of benzene rings is 2. The Labute approximate surface area is 137 Å². The summed E-state index contributed by atoms with van der Waals surface area (Å²) >= 11 is 0. The van der Waals surface area contributed by atoms with E-state index in [1.165, 1.54) is 0 Å². The second kappa shape index (κ2) is 5.62. The maximum Gasteiger partial charge on any atom is 0.126 e. The summed E-state index contributed by atoms with van der Waals surface area (Å²) in [6, 6.07) is 0. The maximum absolute atomic E-state index is 10.4. The molecule has 0 spiro atoms. The van der Waals surface area contributed by atoms with Gasteiger partial charge in [-0.15, -0.1) is 0 Å². The fourth-order valence-electron chi connectivity index (χ4n) is 3.17. The molecule has 2 aromatic carbocycles. The number of aromatic hydroxyl groups is 2.